The monoisotopic (exact) mass is 250 g/mol. The molecule has 0 aliphatic carbocycles. The maximum Gasteiger partial charge on any atom is 0.263 e. The van der Waals surface area contributed by atoms with E-state index >= 15 is 0 Å². The second kappa shape index (κ2) is 4.74. The van der Waals surface area contributed by atoms with Crippen molar-refractivity contribution in [3.8, 4) is 5.75 Å². The number of carbonyl (C=O) groups excluding carboxylic acids is 1. The molecular formula is C11H11FN4O2. The highest BCUT2D eigenvalue weighted by atomic mass is 19.1. The number of hydrogen-bond donors (Lipinski definition) is 3. The van der Waals surface area contributed by atoms with Gasteiger partial charge in [-0.2, -0.15) is 5.10 Å². The lowest BCUT2D eigenvalue weighted by Crippen LogP contribution is -2.16. The first-order chi connectivity index (χ1) is 8.63. The van der Waals surface area contributed by atoms with E-state index in [2.05, 4.69) is 15.5 Å². The Balaban J connectivity index is 2.32. The van der Waals surface area contributed by atoms with Gasteiger partial charge in [0.25, 0.3) is 5.91 Å². The van der Waals surface area contributed by atoms with Gasteiger partial charge in [0.2, 0.25) is 0 Å². The highest BCUT2D eigenvalue weighted by molar-refractivity contribution is 6.07. The minimum atomic E-state index is -0.676. The lowest BCUT2D eigenvalue weighted by Gasteiger charge is -2.09. The molecule has 1 heterocycles. The number of rotatable bonds is 3. The lowest BCUT2D eigenvalue weighted by atomic mass is 10.1. The highest BCUT2D eigenvalue weighted by Crippen LogP contribution is 2.23. The number of carbonyl (C=O) groups is 1. The summed E-state index contributed by atoms with van der Waals surface area (Å²) in [6.45, 7) is 0. The quantitative estimate of drug-likeness (QED) is 0.767. The van der Waals surface area contributed by atoms with Crippen molar-refractivity contribution in [1.82, 2.24) is 10.2 Å². The molecule has 0 saturated carbocycles. The van der Waals surface area contributed by atoms with E-state index in [-0.39, 0.29) is 22.8 Å². The summed E-state index contributed by atoms with van der Waals surface area (Å²) in [5.41, 5.74) is 5.62. The number of H-pyrrole nitrogens is 1. The molecule has 0 unspecified atom stereocenters. The number of ether oxygens (including phenoxy) is 1. The standard InChI is InChI=1S/C11H11FN4O2/c1-18-8-4-2-3-6(12)9(8)11(17)15-10-7(13)5-14-16-10/h2-5H,13H2,1H3,(H2,14,15,16,17). The number of nitrogen functional groups attached to an aromatic ring is 1. The highest BCUT2D eigenvalue weighted by Gasteiger charge is 2.18. The van der Waals surface area contributed by atoms with Crippen LogP contribution in [0.3, 0.4) is 0 Å². The van der Waals surface area contributed by atoms with Crippen LogP contribution in [-0.2, 0) is 0 Å². The van der Waals surface area contributed by atoms with Crippen molar-refractivity contribution in [2.45, 2.75) is 0 Å². The van der Waals surface area contributed by atoms with E-state index in [9.17, 15) is 9.18 Å². The van der Waals surface area contributed by atoms with Crippen LogP contribution in [0.5, 0.6) is 5.75 Å². The second-order valence-electron chi connectivity index (χ2n) is 3.47. The zero-order valence-electron chi connectivity index (χ0n) is 9.53. The van der Waals surface area contributed by atoms with Gasteiger partial charge in [0, 0.05) is 0 Å². The largest absolute Gasteiger partial charge is 0.496 e. The first kappa shape index (κ1) is 11.9. The number of aromatic amines is 1. The Morgan fingerprint density at radius 2 is 2.33 bits per heavy atom. The topological polar surface area (TPSA) is 93.0 Å². The van der Waals surface area contributed by atoms with Crippen molar-refractivity contribution < 1.29 is 13.9 Å². The molecule has 0 aliphatic heterocycles. The maximum atomic E-state index is 13.6. The van der Waals surface area contributed by atoms with Crippen LogP contribution < -0.4 is 15.8 Å². The molecule has 1 aromatic carbocycles. The van der Waals surface area contributed by atoms with Crippen molar-refractivity contribution in [3.63, 3.8) is 0 Å². The molecule has 0 aliphatic rings. The van der Waals surface area contributed by atoms with Crippen molar-refractivity contribution >= 4 is 17.4 Å². The minimum Gasteiger partial charge on any atom is -0.496 e. The fourth-order valence-corrected chi connectivity index (χ4v) is 1.47. The lowest BCUT2D eigenvalue weighted by molar-refractivity contribution is 0.101. The molecule has 2 aromatic rings. The molecule has 0 spiro atoms. The number of amides is 1. The first-order valence-electron chi connectivity index (χ1n) is 5.06. The van der Waals surface area contributed by atoms with Gasteiger partial charge in [-0.3, -0.25) is 9.89 Å². The number of nitrogens with zero attached hydrogens (tertiary/aromatic N) is 1. The van der Waals surface area contributed by atoms with Gasteiger partial charge < -0.3 is 15.8 Å². The summed E-state index contributed by atoms with van der Waals surface area (Å²) in [4.78, 5) is 11.9. The van der Waals surface area contributed by atoms with E-state index in [0.29, 0.717) is 0 Å². The predicted octanol–water partition coefficient (Wildman–Crippen LogP) is 1.39. The Bertz CT molecular complexity index is 582. The molecule has 18 heavy (non-hydrogen) atoms. The van der Waals surface area contributed by atoms with Crippen LogP contribution in [0.25, 0.3) is 0 Å². The summed E-state index contributed by atoms with van der Waals surface area (Å²) in [6, 6.07) is 4.12. The summed E-state index contributed by atoms with van der Waals surface area (Å²) < 4.78 is 18.6. The first-order valence-corrected chi connectivity index (χ1v) is 5.06. The SMILES string of the molecule is COc1cccc(F)c1C(=O)Nc1[nH]ncc1N. The van der Waals surface area contributed by atoms with Crippen molar-refractivity contribution in [2.24, 2.45) is 0 Å². The van der Waals surface area contributed by atoms with E-state index in [1.54, 1.807) is 0 Å². The van der Waals surface area contributed by atoms with E-state index in [1.807, 2.05) is 0 Å². The summed E-state index contributed by atoms with van der Waals surface area (Å²) in [7, 11) is 1.36. The summed E-state index contributed by atoms with van der Waals surface area (Å²) in [5, 5.41) is 8.56. The average Bonchev–Trinajstić information content (AvgIpc) is 2.74. The minimum absolute atomic E-state index is 0.144. The van der Waals surface area contributed by atoms with Gasteiger partial charge in [-0.25, -0.2) is 4.39 Å². The Labute approximate surface area is 102 Å². The normalized spacial score (nSPS) is 10.1. The molecule has 0 radical (unpaired) electrons. The number of hydrogen-bond acceptors (Lipinski definition) is 4. The number of anilines is 2. The van der Waals surface area contributed by atoms with Gasteiger partial charge in [0.1, 0.15) is 17.1 Å². The molecule has 7 heteroatoms. The summed E-state index contributed by atoms with van der Waals surface area (Å²) >= 11 is 0. The van der Waals surface area contributed by atoms with Gasteiger partial charge in [-0.05, 0) is 12.1 Å². The molecule has 4 N–H and O–H groups in total. The molecule has 0 bridgehead atoms. The van der Waals surface area contributed by atoms with Gasteiger partial charge >= 0.3 is 0 Å². The van der Waals surface area contributed by atoms with Gasteiger partial charge in [-0.15, -0.1) is 0 Å². The zero-order valence-corrected chi connectivity index (χ0v) is 9.53. The van der Waals surface area contributed by atoms with Gasteiger partial charge in [0.05, 0.1) is 19.0 Å². The van der Waals surface area contributed by atoms with Crippen LogP contribution >= 0.6 is 0 Å². The van der Waals surface area contributed by atoms with E-state index < -0.39 is 11.7 Å². The molecular weight excluding hydrogens is 239 g/mol. The van der Waals surface area contributed by atoms with E-state index in [0.717, 1.165) is 0 Å². The van der Waals surface area contributed by atoms with E-state index in [1.165, 1.54) is 31.5 Å². The predicted molar refractivity (Wildman–Crippen MR) is 63.9 cm³/mol. The number of benzene rings is 1. The van der Waals surface area contributed by atoms with Gasteiger partial charge in [-0.1, -0.05) is 6.07 Å². The summed E-state index contributed by atoms with van der Waals surface area (Å²) in [5.74, 6) is -0.985. The van der Waals surface area contributed by atoms with Crippen LogP contribution in [0.15, 0.2) is 24.4 Å². The van der Waals surface area contributed by atoms with Crippen molar-refractivity contribution in [3.05, 3.63) is 35.8 Å². The number of aromatic nitrogens is 2. The number of halogens is 1. The third-order valence-electron chi connectivity index (χ3n) is 2.33. The molecule has 0 atom stereocenters. The Morgan fingerprint density at radius 3 is 2.94 bits per heavy atom. The molecule has 1 aromatic heterocycles. The number of nitrogens with two attached hydrogens (primary N) is 1. The Morgan fingerprint density at radius 1 is 1.56 bits per heavy atom. The third kappa shape index (κ3) is 2.10. The fourth-order valence-electron chi connectivity index (χ4n) is 1.47. The molecule has 2 rings (SSSR count). The van der Waals surface area contributed by atoms with Crippen LogP contribution in [0.1, 0.15) is 10.4 Å². The number of methoxy groups -OCH3 is 1. The van der Waals surface area contributed by atoms with Crippen molar-refractivity contribution in [2.75, 3.05) is 18.2 Å². The smallest absolute Gasteiger partial charge is 0.263 e. The molecule has 6 nitrogen and oxygen atoms in total. The van der Waals surface area contributed by atoms with Gasteiger partial charge in [0.15, 0.2) is 5.82 Å². The Hall–Kier alpha value is -2.57. The number of nitrogens with one attached hydrogen (secondary N) is 2. The summed E-state index contributed by atoms with van der Waals surface area (Å²) in [6.07, 6.45) is 1.34. The maximum absolute atomic E-state index is 13.6. The zero-order chi connectivity index (χ0) is 13.1. The molecule has 0 fully saturated rings. The molecule has 1 amide bonds. The fraction of sp³-hybridized carbons (Fsp3) is 0.0909. The van der Waals surface area contributed by atoms with Crippen LogP contribution in [0.2, 0.25) is 0 Å². The molecule has 94 valence electrons. The average molecular weight is 250 g/mol. The molecule has 0 saturated heterocycles. The van der Waals surface area contributed by atoms with Crippen LogP contribution in [-0.4, -0.2) is 23.2 Å². The van der Waals surface area contributed by atoms with Crippen molar-refractivity contribution in [1.29, 1.82) is 0 Å². The third-order valence-corrected chi connectivity index (χ3v) is 2.33. The van der Waals surface area contributed by atoms with Crippen LogP contribution in [0.4, 0.5) is 15.9 Å². The Kier molecular flexibility index (Phi) is 3.13. The van der Waals surface area contributed by atoms with E-state index in [4.69, 9.17) is 10.5 Å². The second-order valence-corrected chi connectivity index (χ2v) is 3.47. The van der Waals surface area contributed by atoms with Crippen LogP contribution in [0, 0.1) is 5.82 Å².